The summed E-state index contributed by atoms with van der Waals surface area (Å²) in [5, 5.41) is 4.91. The molecule has 18 heavy (non-hydrogen) atoms. The summed E-state index contributed by atoms with van der Waals surface area (Å²) in [6, 6.07) is 9.47. The van der Waals surface area contributed by atoms with Crippen LogP contribution in [0.1, 0.15) is 33.8 Å². The second kappa shape index (κ2) is 5.23. The molecule has 0 aliphatic heterocycles. The van der Waals surface area contributed by atoms with Gasteiger partial charge in [0.1, 0.15) is 0 Å². The number of carbonyl (C=O) groups excluding carboxylic acids is 1. The first-order chi connectivity index (χ1) is 8.58. The minimum atomic E-state index is -0.0532. The molecular weight excluding hydrogens is 244 g/mol. The van der Waals surface area contributed by atoms with Crippen molar-refractivity contribution in [2.45, 2.75) is 19.9 Å². The number of thiophene rings is 1. The minimum absolute atomic E-state index is 0.0302. The van der Waals surface area contributed by atoms with Gasteiger partial charge >= 0.3 is 0 Å². The van der Waals surface area contributed by atoms with Crippen molar-refractivity contribution >= 4 is 22.9 Å². The first kappa shape index (κ1) is 12.6. The Bertz CT molecular complexity index is 562. The lowest BCUT2D eigenvalue weighted by Crippen LogP contribution is -2.26. The van der Waals surface area contributed by atoms with Gasteiger partial charge in [-0.1, -0.05) is 12.1 Å². The zero-order valence-corrected chi connectivity index (χ0v) is 11.3. The molecule has 1 aromatic carbocycles. The van der Waals surface area contributed by atoms with Crippen LogP contribution < -0.4 is 11.1 Å². The van der Waals surface area contributed by atoms with Crippen molar-refractivity contribution in [2.24, 2.45) is 0 Å². The summed E-state index contributed by atoms with van der Waals surface area (Å²) in [5.74, 6) is -0.0302. The van der Waals surface area contributed by atoms with E-state index < -0.39 is 0 Å². The van der Waals surface area contributed by atoms with E-state index in [9.17, 15) is 4.79 Å². The Balaban J connectivity index is 2.10. The van der Waals surface area contributed by atoms with Crippen LogP contribution in [0.15, 0.2) is 35.7 Å². The molecule has 0 saturated carbocycles. The molecule has 0 bridgehead atoms. The highest BCUT2D eigenvalue weighted by molar-refractivity contribution is 7.12. The maximum atomic E-state index is 12.1. The summed E-state index contributed by atoms with van der Waals surface area (Å²) in [6.07, 6.45) is 0. The van der Waals surface area contributed by atoms with Gasteiger partial charge in [0.25, 0.3) is 5.91 Å². The standard InChI is InChI=1S/C14H16N2OS/c1-9-6-7-18-13(9)14(17)16-10(2)11-4-3-5-12(15)8-11/h3-8,10H,15H2,1-2H3,(H,16,17). The lowest BCUT2D eigenvalue weighted by Gasteiger charge is -2.14. The normalized spacial score (nSPS) is 12.1. The Hall–Kier alpha value is -1.81. The van der Waals surface area contributed by atoms with Crippen LogP contribution in [0.25, 0.3) is 0 Å². The molecule has 0 saturated heterocycles. The van der Waals surface area contributed by atoms with Gasteiger partial charge in [-0.3, -0.25) is 4.79 Å². The fourth-order valence-corrected chi connectivity index (χ4v) is 2.61. The molecule has 0 aliphatic rings. The quantitative estimate of drug-likeness (QED) is 0.833. The Labute approximate surface area is 111 Å². The third kappa shape index (κ3) is 2.71. The predicted octanol–water partition coefficient (Wildman–Crippen LogP) is 3.13. The molecule has 1 unspecified atom stereocenters. The molecular formula is C14H16N2OS. The molecule has 4 heteroatoms. The molecule has 1 atom stereocenters. The SMILES string of the molecule is Cc1ccsc1C(=O)NC(C)c1cccc(N)c1. The molecule has 1 aromatic heterocycles. The molecule has 0 fully saturated rings. The molecule has 2 rings (SSSR count). The number of anilines is 1. The van der Waals surface area contributed by atoms with Crippen molar-refractivity contribution in [3.8, 4) is 0 Å². The second-order valence-corrected chi connectivity index (χ2v) is 5.21. The molecule has 0 aliphatic carbocycles. The number of amides is 1. The summed E-state index contributed by atoms with van der Waals surface area (Å²) >= 11 is 1.46. The number of hydrogen-bond acceptors (Lipinski definition) is 3. The number of carbonyl (C=O) groups is 1. The smallest absolute Gasteiger partial charge is 0.262 e. The maximum Gasteiger partial charge on any atom is 0.262 e. The number of benzene rings is 1. The zero-order valence-electron chi connectivity index (χ0n) is 10.4. The van der Waals surface area contributed by atoms with Crippen molar-refractivity contribution in [1.29, 1.82) is 0 Å². The summed E-state index contributed by atoms with van der Waals surface area (Å²) in [5.41, 5.74) is 8.47. The van der Waals surface area contributed by atoms with Gasteiger partial charge in [0, 0.05) is 5.69 Å². The molecule has 94 valence electrons. The second-order valence-electron chi connectivity index (χ2n) is 4.30. The van der Waals surface area contributed by atoms with Gasteiger partial charge in [0.15, 0.2) is 0 Å². The summed E-state index contributed by atoms with van der Waals surface area (Å²) < 4.78 is 0. The summed E-state index contributed by atoms with van der Waals surface area (Å²) in [7, 11) is 0. The first-order valence-electron chi connectivity index (χ1n) is 5.78. The Kier molecular flexibility index (Phi) is 3.67. The third-order valence-electron chi connectivity index (χ3n) is 2.83. The van der Waals surface area contributed by atoms with Crippen molar-refractivity contribution < 1.29 is 4.79 Å². The van der Waals surface area contributed by atoms with Crippen LogP contribution in [0, 0.1) is 6.92 Å². The lowest BCUT2D eigenvalue weighted by molar-refractivity contribution is 0.0943. The van der Waals surface area contributed by atoms with E-state index in [0.29, 0.717) is 5.69 Å². The van der Waals surface area contributed by atoms with E-state index in [2.05, 4.69) is 5.32 Å². The number of hydrogen-bond donors (Lipinski definition) is 2. The van der Waals surface area contributed by atoms with Crippen LogP contribution in [0.3, 0.4) is 0 Å². The highest BCUT2D eigenvalue weighted by Gasteiger charge is 2.14. The molecule has 3 nitrogen and oxygen atoms in total. The molecule has 3 N–H and O–H groups in total. The van der Waals surface area contributed by atoms with E-state index in [4.69, 9.17) is 5.73 Å². The van der Waals surface area contributed by atoms with Gasteiger partial charge in [-0.25, -0.2) is 0 Å². The average molecular weight is 260 g/mol. The average Bonchev–Trinajstić information content (AvgIpc) is 2.75. The van der Waals surface area contributed by atoms with Crippen LogP contribution >= 0.6 is 11.3 Å². The van der Waals surface area contributed by atoms with E-state index in [1.54, 1.807) is 0 Å². The Morgan fingerprint density at radius 1 is 1.39 bits per heavy atom. The van der Waals surface area contributed by atoms with Gasteiger partial charge in [0.05, 0.1) is 10.9 Å². The predicted molar refractivity (Wildman–Crippen MR) is 75.8 cm³/mol. The van der Waals surface area contributed by atoms with Crippen molar-refractivity contribution in [3.63, 3.8) is 0 Å². The molecule has 2 aromatic rings. The van der Waals surface area contributed by atoms with Gasteiger partial charge in [-0.05, 0) is 48.6 Å². The number of rotatable bonds is 3. The Morgan fingerprint density at radius 2 is 2.17 bits per heavy atom. The van der Waals surface area contributed by atoms with Crippen LogP contribution in [0.5, 0.6) is 0 Å². The summed E-state index contributed by atoms with van der Waals surface area (Å²) in [6.45, 7) is 3.90. The molecule has 1 amide bonds. The zero-order chi connectivity index (χ0) is 13.1. The lowest BCUT2D eigenvalue weighted by atomic mass is 10.1. The largest absolute Gasteiger partial charge is 0.399 e. The third-order valence-corrected chi connectivity index (χ3v) is 3.84. The minimum Gasteiger partial charge on any atom is -0.399 e. The van der Waals surface area contributed by atoms with E-state index >= 15 is 0 Å². The highest BCUT2D eigenvalue weighted by Crippen LogP contribution is 2.19. The van der Waals surface area contributed by atoms with Crippen LogP contribution in [-0.4, -0.2) is 5.91 Å². The van der Waals surface area contributed by atoms with E-state index in [-0.39, 0.29) is 11.9 Å². The van der Waals surface area contributed by atoms with Crippen molar-refractivity contribution in [2.75, 3.05) is 5.73 Å². The Morgan fingerprint density at radius 3 is 2.78 bits per heavy atom. The first-order valence-corrected chi connectivity index (χ1v) is 6.66. The number of nitrogens with one attached hydrogen (secondary N) is 1. The maximum absolute atomic E-state index is 12.1. The number of nitrogen functional groups attached to an aromatic ring is 1. The molecule has 0 spiro atoms. The highest BCUT2D eigenvalue weighted by atomic mass is 32.1. The van der Waals surface area contributed by atoms with Crippen molar-refractivity contribution in [1.82, 2.24) is 5.32 Å². The van der Waals surface area contributed by atoms with E-state index in [0.717, 1.165) is 16.0 Å². The number of nitrogens with two attached hydrogens (primary N) is 1. The van der Waals surface area contributed by atoms with Gasteiger partial charge in [-0.15, -0.1) is 11.3 Å². The number of aryl methyl sites for hydroxylation is 1. The van der Waals surface area contributed by atoms with Gasteiger partial charge in [-0.2, -0.15) is 0 Å². The molecule has 0 radical (unpaired) electrons. The van der Waals surface area contributed by atoms with E-state index in [1.165, 1.54) is 11.3 Å². The van der Waals surface area contributed by atoms with Crippen LogP contribution in [0.2, 0.25) is 0 Å². The van der Waals surface area contributed by atoms with Crippen LogP contribution in [-0.2, 0) is 0 Å². The summed E-state index contributed by atoms with van der Waals surface area (Å²) in [4.78, 5) is 12.8. The van der Waals surface area contributed by atoms with Gasteiger partial charge < -0.3 is 11.1 Å². The topological polar surface area (TPSA) is 55.1 Å². The van der Waals surface area contributed by atoms with Gasteiger partial charge in [0.2, 0.25) is 0 Å². The molecule has 1 heterocycles. The van der Waals surface area contributed by atoms with Crippen molar-refractivity contribution in [3.05, 3.63) is 51.7 Å². The fourth-order valence-electron chi connectivity index (χ4n) is 1.78. The van der Waals surface area contributed by atoms with E-state index in [1.807, 2.05) is 49.6 Å². The monoisotopic (exact) mass is 260 g/mol. The fraction of sp³-hybridized carbons (Fsp3) is 0.214. The van der Waals surface area contributed by atoms with Crippen LogP contribution in [0.4, 0.5) is 5.69 Å².